The van der Waals surface area contributed by atoms with E-state index in [-0.39, 0.29) is 18.6 Å². The summed E-state index contributed by atoms with van der Waals surface area (Å²) >= 11 is 1.40. The van der Waals surface area contributed by atoms with Gasteiger partial charge in [0.1, 0.15) is 5.52 Å². The molecule has 0 atom stereocenters. The predicted octanol–water partition coefficient (Wildman–Crippen LogP) is 4.58. The van der Waals surface area contributed by atoms with E-state index in [0.717, 1.165) is 29.5 Å². The van der Waals surface area contributed by atoms with Crippen molar-refractivity contribution in [1.82, 2.24) is 10.3 Å². The van der Waals surface area contributed by atoms with E-state index in [1.54, 1.807) is 12.1 Å². The average molecular weight is 413 g/mol. The molecule has 0 spiro atoms. The summed E-state index contributed by atoms with van der Waals surface area (Å²) in [6.07, 6.45) is 1.68. The lowest BCUT2D eigenvalue weighted by Crippen LogP contribution is -2.36. The zero-order chi connectivity index (χ0) is 20.6. The Labute approximate surface area is 174 Å². The van der Waals surface area contributed by atoms with Gasteiger partial charge in [-0.2, -0.15) is 0 Å². The number of nitrogens with zero attached hydrogens (tertiary/aromatic N) is 1. The van der Waals surface area contributed by atoms with Gasteiger partial charge in [0.2, 0.25) is 0 Å². The molecule has 0 unspecified atom stereocenters. The normalized spacial score (nSPS) is 11.0. The number of nitrogens with one attached hydrogen (secondary N) is 1. The molecule has 2 aromatic carbocycles. The second-order valence-electron chi connectivity index (χ2n) is 6.55. The highest BCUT2D eigenvalue weighted by atomic mass is 32.2. The minimum absolute atomic E-state index is 0.0983. The summed E-state index contributed by atoms with van der Waals surface area (Å²) in [5.41, 5.74) is 2.76. The van der Waals surface area contributed by atoms with E-state index in [1.165, 1.54) is 11.8 Å². The van der Waals surface area contributed by atoms with Crippen LogP contribution in [-0.4, -0.2) is 29.5 Å². The van der Waals surface area contributed by atoms with Gasteiger partial charge in [0.05, 0.1) is 5.56 Å². The maximum Gasteiger partial charge on any atom is 0.338 e. The third kappa shape index (κ3) is 5.60. The van der Waals surface area contributed by atoms with Gasteiger partial charge in [0.25, 0.3) is 11.1 Å². The largest absolute Gasteiger partial charge is 0.452 e. The van der Waals surface area contributed by atoms with Crippen LogP contribution in [0.2, 0.25) is 0 Å². The van der Waals surface area contributed by atoms with Crippen LogP contribution in [-0.2, 0) is 15.3 Å². The Bertz CT molecular complexity index is 949. The smallest absolute Gasteiger partial charge is 0.338 e. The first-order chi connectivity index (χ1) is 14.1. The zero-order valence-electron chi connectivity index (χ0n) is 16.5. The molecule has 152 valence electrons. The molecule has 1 amide bonds. The predicted molar refractivity (Wildman–Crippen MR) is 113 cm³/mol. The molecule has 0 aliphatic heterocycles. The summed E-state index contributed by atoms with van der Waals surface area (Å²) in [7, 11) is 0. The summed E-state index contributed by atoms with van der Waals surface area (Å²) in [5.74, 6) is -0.304. The summed E-state index contributed by atoms with van der Waals surface area (Å²) in [6.45, 7) is 3.72. The Kier molecular flexibility index (Phi) is 7.30. The number of ether oxygens (including phenoxy) is 1. The SMILES string of the molecule is CCC(CC)NC(=O)COC(=O)c1ccccc1CSc1nc2ccccc2o1. The summed E-state index contributed by atoms with van der Waals surface area (Å²) < 4.78 is 10.9. The molecule has 0 radical (unpaired) electrons. The van der Waals surface area contributed by atoms with Crippen molar-refractivity contribution in [1.29, 1.82) is 0 Å². The molecule has 0 aliphatic rings. The number of fused-ring (bicyclic) bond motifs is 1. The molecule has 0 saturated carbocycles. The Balaban J connectivity index is 1.60. The van der Waals surface area contributed by atoms with Gasteiger partial charge < -0.3 is 14.5 Å². The lowest BCUT2D eigenvalue weighted by molar-refractivity contribution is -0.125. The van der Waals surface area contributed by atoms with Crippen LogP contribution < -0.4 is 5.32 Å². The van der Waals surface area contributed by atoms with Crippen LogP contribution in [0.3, 0.4) is 0 Å². The van der Waals surface area contributed by atoms with Gasteiger partial charge in [-0.15, -0.1) is 0 Å². The van der Waals surface area contributed by atoms with Crippen molar-refractivity contribution in [2.24, 2.45) is 0 Å². The molecular formula is C22H24N2O4S. The van der Waals surface area contributed by atoms with Crippen LogP contribution in [0.4, 0.5) is 0 Å². The third-order valence-electron chi connectivity index (χ3n) is 4.55. The van der Waals surface area contributed by atoms with Gasteiger partial charge in [-0.05, 0) is 36.6 Å². The van der Waals surface area contributed by atoms with Gasteiger partial charge in [-0.1, -0.05) is 55.9 Å². The molecular weight excluding hydrogens is 388 g/mol. The van der Waals surface area contributed by atoms with Crippen molar-refractivity contribution in [2.45, 2.75) is 43.7 Å². The van der Waals surface area contributed by atoms with E-state index >= 15 is 0 Å². The molecule has 3 rings (SSSR count). The quantitative estimate of drug-likeness (QED) is 0.409. The molecule has 3 aromatic rings. The average Bonchev–Trinajstić information content (AvgIpc) is 3.17. The van der Waals surface area contributed by atoms with Crippen LogP contribution in [0.1, 0.15) is 42.6 Å². The van der Waals surface area contributed by atoms with Gasteiger partial charge in [0.15, 0.2) is 12.2 Å². The number of carbonyl (C=O) groups is 2. The molecule has 1 aromatic heterocycles. The topological polar surface area (TPSA) is 81.4 Å². The van der Waals surface area contributed by atoms with Gasteiger partial charge in [-0.25, -0.2) is 9.78 Å². The second kappa shape index (κ2) is 10.1. The fraction of sp³-hybridized carbons (Fsp3) is 0.318. The van der Waals surface area contributed by atoms with Crippen molar-refractivity contribution in [2.75, 3.05) is 6.61 Å². The fourth-order valence-corrected chi connectivity index (χ4v) is 3.71. The summed E-state index contributed by atoms with van der Waals surface area (Å²) in [4.78, 5) is 28.9. The molecule has 0 saturated heterocycles. The molecule has 1 N–H and O–H groups in total. The summed E-state index contributed by atoms with van der Waals surface area (Å²) in [5, 5.41) is 3.40. The number of benzene rings is 2. The Morgan fingerprint density at radius 1 is 1.10 bits per heavy atom. The lowest BCUT2D eigenvalue weighted by Gasteiger charge is -2.15. The molecule has 0 fully saturated rings. The van der Waals surface area contributed by atoms with Crippen molar-refractivity contribution < 1.29 is 18.7 Å². The number of esters is 1. The lowest BCUT2D eigenvalue weighted by atomic mass is 10.1. The number of hydrogen-bond donors (Lipinski definition) is 1. The maximum atomic E-state index is 12.5. The maximum absolute atomic E-state index is 12.5. The van der Waals surface area contributed by atoms with Crippen molar-refractivity contribution in [3.8, 4) is 0 Å². The number of amides is 1. The van der Waals surface area contributed by atoms with Crippen LogP contribution >= 0.6 is 11.8 Å². The third-order valence-corrected chi connectivity index (χ3v) is 5.42. The number of carbonyl (C=O) groups excluding carboxylic acids is 2. The molecule has 7 heteroatoms. The van der Waals surface area contributed by atoms with E-state index < -0.39 is 5.97 Å². The van der Waals surface area contributed by atoms with Gasteiger partial charge in [0, 0.05) is 11.8 Å². The van der Waals surface area contributed by atoms with E-state index in [0.29, 0.717) is 16.5 Å². The van der Waals surface area contributed by atoms with E-state index in [1.807, 2.05) is 50.2 Å². The number of thioether (sulfide) groups is 1. The van der Waals surface area contributed by atoms with E-state index in [9.17, 15) is 9.59 Å². The van der Waals surface area contributed by atoms with Gasteiger partial charge in [-0.3, -0.25) is 4.79 Å². The Morgan fingerprint density at radius 2 is 1.83 bits per heavy atom. The standard InChI is InChI=1S/C22H24N2O4S/c1-3-16(4-2)23-20(25)13-27-21(26)17-10-6-5-9-15(17)14-29-22-24-18-11-7-8-12-19(18)28-22/h5-12,16H,3-4,13-14H2,1-2H3,(H,23,25). The first kappa shape index (κ1) is 20.9. The number of para-hydroxylation sites is 2. The fourth-order valence-electron chi connectivity index (χ4n) is 2.87. The van der Waals surface area contributed by atoms with Crippen LogP contribution in [0.25, 0.3) is 11.1 Å². The minimum Gasteiger partial charge on any atom is -0.452 e. The number of rotatable bonds is 9. The van der Waals surface area contributed by atoms with Crippen molar-refractivity contribution >= 4 is 34.7 Å². The minimum atomic E-state index is -0.515. The molecule has 0 bridgehead atoms. The second-order valence-corrected chi connectivity index (χ2v) is 7.48. The Morgan fingerprint density at radius 3 is 2.59 bits per heavy atom. The highest BCUT2D eigenvalue weighted by Gasteiger charge is 2.16. The number of aromatic nitrogens is 1. The monoisotopic (exact) mass is 412 g/mol. The van der Waals surface area contributed by atoms with Crippen molar-refractivity contribution in [3.63, 3.8) is 0 Å². The molecule has 0 aliphatic carbocycles. The first-order valence-corrected chi connectivity index (χ1v) is 10.6. The molecule has 29 heavy (non-hydrogen) atoms. The van der Waals surface area contributed by atoms with Crippen LogP contribution in [0.15, 0.2) is 58.2 Å². The zero-order valence-corrected chi connectivity index (χ0v) is 17.3. The number of hydrogen-bond acceptors (Lipinski definition) is 6. The highest BCUT2D eigenvalue weighted by Crippen LogP contribution is 2.27. The first-order valence-electron chi connectivity index (χ1n) is 9.63. The summed E-state index contributed by atoms with van der Waals surface area (Å²) in [6, 6.07) is 14.8. The van der Waals surface area contributed by atoms with Crippen LogP contribution in [0.5, 0.6) is 0 Å². The van der Waals surface area contributed by atoms with E-state index in [2.05, 4.69) is 10.3 Å². The van der Waals surface area contributed by atoms with Crippen LogP contribution in [0, 0.1) is 0 Å². The molecule has 6 nitrogen and oxygen atoms in total. The molecule has 1 heterocycles. The van der Waals surface area contributed by atoms with Crippen molar-refractivity contribution in [3.05, 3.63) is 59.7 Å². The van der Waals surface area contributed by atoms with Gasteiger partial charge >= 0.3 is 5.97 Å². The van der Waals surface area contributed by atoms with E-state index in [4.69, 9.17) is 9.15 Å². The Hall–Kier alpha value is -2.80. The highest BCUT2D eigenvalue weighted by molar-refractivity contribution is 7.98. The number of oxazole rings is 1.